The molecule has 1 saturated carbocycles. The molecule has 2 heteroatoms. The molecule has 3 unspecified atom stereocenters. The summed E-state index contributed by atoms with van der Waals surface area (Å²) in [6.45, 7) is 10.3. The Kier molecular flexibility index (Phi) is 6.65. The van der Waals surface area contributed by atoms with Gasteiger partial charge in [-0.05, 0) is 50.4 Å². The zero-order chi connectivity index (χ0) is 13.6. The van der Waals surface area contributed by atoms with Crippen LogP contribution in [-0.2, 0) is 4.74 Å². The highest BCUT2D eigenvalue weighted by Crippen LogP contribution is 2.36. The van der Waals surface area contributed by atoms with E-state index in [1.54, 1.807) is 7.11 Å². The molecule has 2 nitrogen and oxygen atoms in total. The molecule has 1 aliphatic rings. The van der Waals surface area contributed by atoms with Gasteiger partial charge >= 0.3 is 0 Å². The molecule has 108 valence electrons. The number of rotatable bonds is 5. The number of hydrogen-bond donors (Lipinski definition) is 1. The Hall–Kier alpha value is -0.0800. The molecule has 1 rings (SSSR count). The van der Waals surface area contributed by atoms with E-state index in [0.29, 0.717) is 11.5 Å². The molecule has 0 heterocycles. The van der Waals surface area contributed by atoms with Crippen LogP contribution in [0, 0.1) is 11.3 Å². The summed E-state index contributed by atoms with van der Waals surface area (Å²) in [5.74, 6) is 0.901. The Labute approximate surface area is 114 Å². The first kappa shape index (κ1) is 16.0. The molecular weight excluding hydrogens is 222 g/mol. The van der Waals surface area contributed by atoms with Gasteiger partial charge in [-0.1, -0.05) is 27.2 Å². The molecule has 1 N–H and O–H groups in total. The van der Waals surface area contributed by atoms with E-state index < -0.39 is 0 Å². The van der Waals surface area contributed by atoms with Gasteiger partial charge < -0.3 is 10.1 Å². The Morgan fingerprint density at radius 2 is 1.89 bits per heavy atom. The zero-order valence-electron chi connectivity index (χ0n) is 13.1. The van der Waals surface area contributed by atoms with Gasteiger partial charge in [0, 0.05) is 25.8 Å². The SMILES string of the molecule is COCCC(C)NC1CCCC(C(C)(C)C)CC1. The normalized spacial score (nSPS) is 27.8. The van der Waals surface area contributed by atoms with Crippen LogP contribution < -0.4 is 5.32 Å². The molecule has 0 aromatic heterocycles. The molecular formula is C16H33NO. The van der Waals surface area contributed by atoms with Crippen LogP contribution in [0.4, 0.5) is 0 Å². The van der Waals surface area contributed by atoms with Crippen molar-refractivity contribution in [2.45, 2.75) is 78.3 Å². The maximum absolute atomic E-state index is 5.15. The lowest BCUT2D eigenvalue weighted by atomic mass is 9.76. The van der Waals surface area contributed by atoms with Gasteiger partial charge in [0.1, 0.15) is 0 Å². The first-order valence-electron chi connectivity index (χ1n) is 7.68. The van der Waals surface area contributed by atoms with Gasteiger partial charge in [-0.25, -0.2) is 0 Å². The highest BCUT2D eigenvalue weighted by atomic mass is 16.5. The lowest BCUT2D eigenvalue weighted by molar-refractivity contribution is 0.181. The summed E-state index contributed by atoms with van der Waals surface area (Å²) >= 11 is 0. The third kappa shape index (κ3) is 5.71. The number of ether oxygens (including phenoxy) is 1. The summed E-state index contributed by atoms with van der Waals surface area (Å²) in [4.78, 5) is 0. The number of methoxy groups -OCH3 is 1. The Bertz CT molecular complexity index is 222. The summed E-state index contributed by atoms with van der Waals surface area (Å²) < 4.78 is 5.15. The van der Waals surface area contributed by atoms with Crippen LogP contribution in [0.5, 0.6) is 0 Å². The maximum Gasteiger partial charge on any atom is 0.0476 e. The van der Waals surface area contributed by atoms with E-state index in [-0.39, 0.29) is 0 Å². The third-order valence-corrected chi connectivity index (χ3v) is 4.47. The standard InChI is InChI=1S/C16H33NO/c1-13(11-12-18-5)17-15-8-6-7-14(9-10-15)16(2,3)4/h13-15,17H,6-12H2,1-5H3. The van der Waals surface area contributed by atoms with Crippen molar-refractivity contribution in [3.05, 3.63) is 0 Å². The summed E-state index contributed by atoms with van der Waals surface area (Å²) in [7, 11) is 1.78. The van der Waals surface area contributed by atoms with Crippen LogP contribution in [0.15, 0.2) is 0 Å². The van der Waals surface area contributed by atoms with E-state index in [0.717, 1.165) is 25.0 Å². The van der Waals surface area contributed by atoms with Crippen molar-refractivity contribution in [2.75, 3.05) is 13.7 Å². The van der Waals surface area contributed by atoms with Crippen molar-refractivity contribution in [2.24, 2.45) is 11.3 Å². The molecule has 0 spiro atoms. The van der Waals surface area contributed by atoms with Crippen molar-refractivity contribution < 1.29 is 4.74 Å². The third-order valence-electron chi connectivity index (χ3n) is 4.47. The van der Waals surface area contributed by atoms with Gasteiger partial charge in [-0.3, -0.25) is 0 Å². The predicted molar refractivity (Wildman–Crippen MR) is 78.9 cm³/mol. The smallest absolute Gasteiger partial charge is 0.0476 e. The van der Waals surface area contributed by atoms with Gasteiger partial charge in [0.05, 0.1) is 0 Å². The monoisotopic (exact) mass is 255 g/mol. The first-order chi connectivity index (χ1) is 8.43. The summed E-state index contributed by atoms with van der Waals surface area (Å²) in [5.41, 5.74) is 0.483. The molecule has 0 aromatic carbocycles. The highest BCUT2D eigenvalue weighted by Gasteiger charge is 2.27. The summed E-state index contributed by atoms with van der Waals surface area (Å²) in [5, 5.41) is 3.79. The van der Waals surface area contributed by atoms with Gasteiger partial charge in [0.15, 0.2) is 0 Å². The van der Waals surface area contributed by atoms with E-state index in [2.05, 4.69) is 33.0 Å². The fraction of sp³-hybridized carbons (Fsp3) is 1.00. The fourth-order valence-electron chi connectivity index (χ4n) is 3.11. The molecule has 1 aliphatic carbocycles. The molecule has 0 amide bonds. The van der Waals surface area contributed by atoms with Gasteiger partial charge in [0.25, 0.3) is 0 Å². The molecule has 0 bridgehead atoms. The van der Waals surface area contributed by atoms with Crippen molar-refractivity contribution >= 4 is 0 Å². The van der Waals surface area contributed by atoms with Crippen LogP contribution in [0.2, 0.25) is 0 Å². The van der Waals surface area contributed by atoms with E-state index in [1.165, 1.54) is 32.1 Å². The molecule has 18 heavy (non-hydrogen) atoms. The van der Waals surface area contributed by atoms with Crippen LogP contribution in [-0.4, -0.2) is 25.8 Å². The molecule has 0 aromatic rings. The van der Waals surface area contributed by atoms with Crippen molar-refractivity contribution in [3.63, 3.8) is 0 Å². The van der Waals surface area contributed by atoms with E-state index in [4.69, 9.17) is 4.74 Å². The lowest BCUT2D eigenvalue weighted by Crippen LogP contribution is -2.37. The van der Waals surface area contributed by atoms with Crippen LogP contribution in [0.25, 0.3) is 0 Å². The first-order valence-corrected chi connectivity index (χ1v) is 7.68. The summed E-state index contributed by atoms with van der Waals surface area (Å²) in [6.07, 6.45) is 8.00. The largest absolute Gasteiger partial charge is 0.385 e. The quantitative estimate of drug-likeness (QED) is 0.750. The second kappa shape index (κ2) is 7.49. The van der Waals surface area contributed by atoms with E-state index >= 15 is 0 Å². The topological polar surface area (TPSA) is 21.3 Å². The highest BCUT2D eigenvalue weighted by molar-refractivity contribution is 4.82. The molecule has 1 fully saturated rings. The minimum Gasteiger partial charge on any atom is -0.385 e. The second-order valence-electron chi connectivity index (χ2n) is 7.12. The number of nitrogens with one attached hydrogen (secondary N) is 1. The molecule has 3 atom stereocenters. The fourth-order valence-corrected chi connectivity index (χ4v) is 3.11. The van der Waals surface area contributed by atoms with Crippen molar-refractivity contribution in [3.8, 4) is 0 Å². The molecule has 0 saturated heterocycles. The Morgan fingerprint density at radius 3 is 2.50 bits per heavy atom. The Morgan fingerprint density at radius 1 is 1.17 bits per heavy atom. The van der Waals surface area contributed by atoms with Crippen LogP contribution >= 0.6 is 0 Å². The average molecular weight is 255 g/mol. The van der Waals surface area contributed by atoms with Gasteiger partial charge in [0.2, 0.25) is 0 Å². The summed E-state index contributed by atoms with van der Waals surface area (Å²) in [6, 6.07) is 1.31. The van der Waals surface area contributed by atoms with E-state index in [1.807, 2.05) is 0 Å². The molecule has 0 radical (unpaired) electrons. The predicted octanol–water partition coefficient (Wildman–Crippen LogP) is 4.00. The van der Waals surface area contributed by atoms with Crippen LogP contribution in [0.3, 0.4) is 0 Å². The average Bonchev–Trinajstić information content (AvgIpc) is 2.51. The minimum absolute atomic E-state index is 0.483. The molecule has 0 aliphatic heterocycles. The second-order valence-corrected chi connectivity index (χ2v) is 7.12. The van der Waals surface area contributed by atoms with Gasteiger partial charge in [-0.15, -0.1) is 0 Å². The maximum atomic E-state index is 5.15. The van der Waals surface area contributed by atoms with Gasteiger partial charge in [-0.2, -0.15) is 0 Å². The minimum atomic E-state index is 0.483. The van der Waals surface area contributed by atoms with Crippen molar-refractivity contribution in [1.29, 1.82) is 0 Å². The van der Waals surface area contributed by atoms with Crippen molar-refractivity contribution in [1.82, 2.24) is 5.32 Å². The lowest BCUT2D eigenvalue weighted by Gasteiger charge is -2.30. The van der Waals surface area contributed by atoms with Crippen LogP contribution in [0.1, 0.15) is 66.2 Å². The number of hydrogen-bond acceptors (Lipinski definition) is 2. The zero-order valence-corrected chi connectivity index (χ0v) is 13.1. The van der Waals surface area contributed by atoms with E-state index in [9.17, 15) is 0 Å². The Balaban J connectivity index is 2.33.